The summed E-state index contributed by atoms with van der Waals surface area (Å²) in [4.78, 5) is 28.5. The van der Waals surface area contributed by atoms with Crippen LogP contribution in [0.5, 0.6) is 0 Å². The fourth-order valence-corrected chi connectivity index (χ4v) is 3.40. The van der Waals surface area contributed by atoms with E-state index in [1.807, 2.05) is 23.6 Å². The highest BCUT2D eigenvalue weighted by Gasteiger charge is 2.37. The van der Waals surface area contributed by atoms with Crippen molar-refractivity contribution in [2.24, 2.45) is 5.92 Å². The molecule has 0 aliphatic carbocycles. The van der Waals surface area contributed by atoms with Crippen LogP contribution in [-0.4, -0.2) is 73.7 Å². The van der Waals surface area contributed by atoms with E-state index in [9.17, 15) is 9.59 Å². The number of hydrogen-bond acceptors (Lipinski definition) is 4. The van der Waals surface area contributed by atoms with E-state index in [2.05, 4.69) is 0 Å². The van der Waals surface area contributed by atoms with Gasteiger partial charge in [0, 0.05) is 45.4 Å². The van der Waals surface area contributed by atoms with Gasteiger partial charge < -0.3 is 19.3 Å². The summed E-state index contributed by atoms with van der Waals surface area (Å²) in [7, 11) is 1.54. The first-order chi connectivity index (χ1) is 10.5. The molecule has 6 nitrogen and oxygen atoms in total. The van der Waals surface area contributed by atoms with Gasteiger partial charge in [0.2, 0.25) is 11.8 Å². The maximum Gasteiger partial charge on any atom is 0.249 e. The molecule has 1 atom stereocenters. The van der Waals surface area contributed by atoms with Crippen molar-refractivity contribution >= 4 is 11.8 Å². The van der Waals surface area contributed by atoms with Crippen LogP contribution in [0, 0.1) is 5.92 Å². The molecule has 0 aromatic heterocycles. The van der Waals surface area contributed by atoms with Crippen LogP contribution in [0.2, 0.25) is 0 Å². The van der Waals surface area contributed by atoms with Crippen LogP contribution in [0.15, 0.2) is 0 Å². The molecule has 6 heteroatoms. The second-order valence-corrected chi connectivity index (χ2v) is 6.46. The Bertz CT molecular complexity index is 394. The van der Waals surface area contributed by atoms with E-state index in [1.165, 1.54) is 0 Å². The van der Waals surface area contributed by atoms with Crippen molar-refractivity contribution in [2.45, 2.75) is 45.2 Å². The zero-order chi connectivity index (χ0) is 16.1. The maximum absolute atomic E-state index is 12.5. The molecule has 0 aromatic rings. The van der Waals surface area contributed by atoms with Crippen LogP contribution in [0.25, 0.3) is 0 Å². The molecular formula is C16H28N2O4. The number of nitrogens with zero attached hydrogens (tertiary/aromatic N) is 2. The van der Waals surface area contributed by atoms with E-state index in [1.54, 1.807) is 7.11 Å². The predicted octanol–water partition coefficient (Wildman–Crippen LogP) is 0.897. The third-order valence-electron chi connectivity index (χ3n) is 4.50. The van der Waals surface area contributed by atoms with E-state index in [-0.39, 0.29) is 36.4 Å². The van der Waals surface area contributed by atoms with Gasteiger partial charge in [-0.3, -0.25) is 9.59 Å². The molecule has 0 N–H and O–H groups in total. The lowest BCUT2D eigenvalue weighted by molar-refractivity contribution is -0.143. The van der Waals surface area contributed by atoms with Crippen LogP contribution in [-0.2, 0) is 19.1 Å². The van der Waals surface area contributed by atoms with E-state index in [4.69, 9.17) is 9.47 Å². The highest BCUT2D eigenvalue weighted by atomic mass is 16.5. The standard InChI is InChI=1S/C16H28N2O4/c1-12(2)16(20)17-7-4-14(10-17)18(15(19)11-21-3)13-5-8-22-9-6-13/h12-14H,4-11H2,1-3H3. The number of ether oxygens (including phenoxy) is 2. The molecule has 2 rings (SSSR count). The monoisotopic (exact) mass is 312 g/mol. The molecule has 0 aromatic carbocycles. The maximum atomic E-state index is 12.5. The first-order valence-electron chi connectivity index (χ1n) is 8.21. The SMILES string of the molecule is COCC(=O)N(C1CCOCC1)C1CCN(C(=O)C(C)C)C1. The van der Waals surface area contributed by atoms with E-state index in [0.29, 0.717) is 19.8 Å². The number of methoxy groups -OCH3 is 1. The Hall–Kier alpha value is -1.14. The Morgan fingerprint density at radius 1 is 1.23 bits per heavy atom. The molecule has 1 unspecified atom stereocenters. The van der Waals surface area contributed by atoms with Gasteiger partial charge in [0.15, 0.2) is 0 Å². The molecule has 0 spiro atoms. The van der Waals surface area contributed by atoms with Crippen LogP contribution in [0.1, 0.15) is 33.1 Å². The second kappa shape index (κ2) is 7.92. The normalized spacial score (nSPS) is 23.1. The highest BCUT2D eigenvalue weighted by Crippen LogP contribution is 2.24. The second-order valence-electron chi connectivity index (χ2n) is 6.46. The van der Waals surface area contributed by atoms with E-state index in [0.717, 1.165) is 25.8 Å². The van der Waals surface area contributed by atoms with Gasteiger partial charge in [-0.05, 0) is 19.3 Å². The lowest BCUT2D eigenvalue weighted by atomic mass is 10.0. The minimum absolute atomic E-state index is 0.00459. The predicted molar refractivity (Wildman–Crippen MR) is 82.4 cm³/mol. The summed E-state index contributed by atoms with van der Waals surface area (Å²) in [6.45, 7) is 6.72. The zero-order valence-electron chi connectivity index (χ0n) is 13.9. The number of amides is 2. The van der Waals surface area contributed by atoms with Gasteiger partial charge in [-0.15, -0.1) is 0 Å². The van der Waals surface area contributed by atoms with Gasteiger partial charge in [-0.1, -0.05) is 13.8 Å². The largest absolute Gasteiger partial charge is 0.381 e. The van der Waals surface area contributed by atoms with Gasteiger partial charge >= 0.3 is 0 Å². The Labute approximate surface area is 132 Å². The van der Waals surface area contributed by atoms with Crippen LogP contribution in [0.4, 0.5) is 0 Å². The molecule has 2 heterocycles. The fourth-order valence-electron chi connectivity index (χ4n) is 3.40. The van der Waals surface area contributed by atoms with Gasteiger partial charge in [-0.25, -0.2) is 0 Å². The fraction of sp³-hybridized carbons (Fsp3) is 0.875. The van der Waals surface area contributed by atoms with Crippen molar-refractivity contribution in [3.8, 4) is 0 Å². The lowest BCUT2D eigenvalue weighted by Crippen LogP contribution is -2.51. The Morgan fingerprint density at radius 3 is 2.50 bits per heavy atom. The van der Waals surface area contributed by atoms with E-state index >= 15 is 0 Å². The minimum atomic E-state index is 0.00459. The number of carbonyl (C=O) groups excluding carboxylic acids is 2. The van der Waals surface area contributed by atoms with Crippen molar-refractivity contribution in [1.82, 2.24) is 9.80 Å². The summed E-state index contributed by atoms with van der Waals surface area (Å²) < 4.78 is 10.5. The minimum Gasteiger partial charge on any atom is -0.381 e. The summed E-state index contributed by atoms with van der Waals surface area (Å²) in [6.07, 6.45) is 2.58. The molecule has 2 fully saturated rings. The summed E-state index contributed by atoms with van der Waals surface area (Å²) in [5.74, 6) is 0.205. The first kappa shape index (κ1) is 17.2. The third-order valence-corrected chi connectivity index (χ3v) is 4.50. The molecule has 2 saturated heterocycles. The number of hydrogen-bond donors (Lipinski definition) is 0. The van der Waals surface area contributed by atoms with Crippen molar-refractivity contribution in [3.05, 3.63) is 0 Å². The lowest BCUT2D eigenvalue weighted by Gasteiger charge is -2.38. The summed E-state index contributed by atoms with van der Waals surface area (Å²) in [5.41, 5.74) is 0. The van der Waals surface area contributed by atoms with Crippen molar-refractivity contribution in [2.75, 3.05) is 40.0 Å². The number of carbonyl (C=O) groups is 2. The Morgan fingerprint density at radius 2 is 1.91 bits per heavy atom. The quantitative estimate of drug-likeness (QED) is 0.757. The molecule has 126 valence electrons. The molecular weight excluding hydrogens is 284 g/mol. The Kier molecular flexibility index (Phi) is 6.20. The van der Waals surface area contributed by atoms with Crippen molar-refractivity contribution in [3.63, 3.8) is 0 Å². The highest BCUT2D eigenvalue weighted by molar-refractivity contribution is 5.80. The summed E-state index contributed by atoms with van der Waals surface area (Å²) in [6, 6.07) is 0.309. The molecule has 2 amide bonds. The topological polar surface area (TPSA) is 59.1 Å². The molecule has 22 heavy (non-hydrogen) atoms. The molecule has 2 aliphatic heterocycles. The smallest absolute Gasteiger partial charge is 0.249 e. The summed E-state index contributed by atoms with van der Waals surface area (Å²) >= 11 is 0. The number of rotatable bonds is 5. The molecule has 0 saturated carbocycles. The van der Waals surface area contributed by atoms with Gasteiger partial charge in [-0.2, -0.15) is 0 Å². The van der Waals surface area contributed by atoms with Crippen LogP contribution >= 0.6 is 0 Å². The first-order valence-corrected chi connectivity index (χ1v) is 8.21. The summed E-state index contributed by atoms with van der Waals surface area (Å²) in [5, 5.41) is 0. The van der Waals surface area contributed by atoms with Crippen LogP contribution in [0.3, 0.4) is 0 Å². The molecule has 0 bridgehead atoms. The zero-order valence-corrected chi connectivity index (χ0v) is 13.9. The van der Waals surface area contributed by atoms with Crippen molar-refractivity contribution < 1.29 is 19.1 Å². The van der Waals surface area contributed by atoms with Gasteiger partial charge in [0.05, 0.1) is 6.04 Å². The van der Waals surface area contributed by atoms with E-state index < -0.39 is 0 Å². The van der Waals surface area contributed by atoms with Crippen molar-refractivity contribution in [1.29, 1.82) is 0 Å². The van der Waals surface area contributed by atoms with Crippen LogP contribution < -0.4 is 0 Å². The molecule has 0 radical (unpaired) electrons. The average molecular weight is 312 g/mol. The molecule has 2 aliphatic rings. The third kappa shape index (κ3) is 3.98. The Balaban J connectivity index is 2.05. The van der Waals surface area contributed by atoms with Gasteiger partial charge in [0.25, 0.3) is 0 Å². The number of likely N-dealkylation sites (tertiary alicyclic amines) is 1. The average Bonchev–Trinajstić information content (AvgIpc) is 2.97. The van der Waals surface area contributed by atoms with Gasteiger partial charge in [0.1, 0.15) is 6.61 Å².